The van der Waals surface area contributed by atoms with Crippen molar-refractivity contribution in [1.82, 2.24) is 9.55 Å². The molecule has 0 aliphatic heterocycles. The van der Waals surface area contributed by atoms with Gasteiger partial charge in [-0.1, -0.05) is 30.3 Å². The van der Waals surface area contributed by atoms with E-state index in [4.69, 9.17) is 5.73 Å². The first kappa shape index (κ1) is 10.9. The van der Waals surface area contributed by atoms with Crippen LogP contribution in [0.15, 0.2) is 42.7 Å². The van der Waals surface area contributed by atoms with Crippen LogP contribution in [-0.4, -0.2) is 16.1 Å². The molecule has 1 aromatic carbocycles. The summed E-state index contributed by atoms with van der Waals surface area (Å²) in [5.41, 5.74) is 7.12. The van der Waals surface area contributed by atoms with E-state index in [0.29, 0.717) is 12.5 Å². The van der Waals surface area contributed by atoms with Crippen LogP contribution in [0, 0.1) is 0 Å². The molecule has 0 aliphatic carbocycles. The van der Waals surface area contributed by atoms with E-state index < -0.39 is 0 Å². The summed E-state index contributed by atoms with van der Waals surface area (Å²) in [6, 6.07) is 10.4. The lowest BCUT2D eigenvalue weighted by Crippen LogP contribution is -2.16. The Kier molecular flexibility index (Phi) is 3.37. The highest BCUT2D eigenvalue weighted by Crippen LogP contribution is 2.18. The molecule has 0 spiro atoms. The molecule has 3 heteroatoms. The number of hydrogen-bond acceptors (Lipinski definition) is 2. The quantitative estimate of drug-likeness (QED) is 0.843. The second-order valence-electron chi connectivity index (χ2n) is 4.00. The van der Waals surface area contributed by atoms with Gasteiger partial charge in [0.25, 0.3) is 0 Å². The van der Waals surface area contributed by atoms with Crippen LogP contribution in [0.2, 0.25) is 0 Å². The van der Waals surface area contributed by atoms with Gasteiger partial charge in [0.2, 0.25) is 0 Å². The highest BCUT2D eigenvalue weighted by molar-refractivity contribution is 5.21. The lowest BCUT2D eigenvalue weighted by atomic mass is 9.95. The Hall–Kier alpha value is -1.61. The third-order valence-corrected chi connectivity index (χ3v) is 2.91. The van der Waals surface area contributed by atoms with Crippen LogP contribution in [0.1, 0.15) is 17.3 Å². The third-order valence-electron chi connectivity index (χ3n) is 2.91. The van der Waals surface area contributed by atoms with Crippen molar-refractivity contribution in [2.75, 3.05) is 6.54 Å². The maximum atomic E-state index is 5.83. The van der Waals surface area contributed by atoms with Gasteiger partial charge in [0.1, 0.15) is 5.82 Å². The number of aryl methyl sites for hydroxylation is 1. The highest BCUT2D eigenvalue weighted by Gasteiger charge is 2.12. The van der Waals surface area contributed by atoms with Gasteiger partial charge in [0, 0.05) is 31.8 Å². The van der Waals surface area contributed by atoms with Crippen LogP contribution in [0.3, 0.4) is 0 Å². The van der Waals surface area contributed by atoms with E-state index in [2.05, 4.69) is 29.2 Å². The summed E-state index contributed by atoms with van der Waals surface area (Å²) in [7, 11) is 2.01. The molecule has 0 saturated heterocycles. The van der Waals surface area contributed by atoms with Crippen LogP contribution in [-0.2, 0) is 13.5 Å². The molecule has 84 valence electrons. The predicted octanol–water partition coefficient (Wildman–Crippen LogP) is 1.71. The third kappa shape index (κ3) is 2.31. The van der Waals surface area contributed by atoms with Crippen LogP contribution in [0.4, 0.5) is 0 Å². The largest absolute Gasteiger partial charge is 0.338 e. The molecule has 2 rings (SSSR count). The maximum absolute atomic E-state index is 5.83. The molecule has 0 amide bonds. The summed E-state index contributed by atoms with van der Waals surface area (Å²) in [6.45, 7) is 0.650. The first-order chi connectivity index (χ1) is 7.81. The van der Waals surface area contributed by atoms with Gasteiger partial charge in [-0.15, -0.1) is 0 Å². The SMILES string of the molecule is Cn1ccnc1CC(CN)c1ccccc1. The minimum Gasteiger partial charge on any atom is -0.338 e. The maximum Gasteiger partial charge on any atom is 0.109 e. The summed E-state index contributed by atoms with van der Waals surface area (Å²) >= 11 is 0. The number of imidazole rings is 1. The average molecular weight is 215 g/mol. The smallest absolute Gasteiger partial charge is 0.109 e. The van der Waals surface area contributed by atoms with Gasteiger partial charge in [-0.3, -0.25) is 0 Å². The summed E-state index contributed by atoms with van der Waals surface area (Å²) < 4.78 is 2.05. The van der Waals surface area contributed by atoms with Crippen LogP contribution in [0.25, 0.3) is 0 Å². The Morgan fingerprint density at radius 1 is 1.31 bits per heavy atom. The number of benzene rings is 1. The average Bonchev–Trinajstić information content (AvgIpc) is 2.73. The molecule has 0 radical (unpaired) electrons. The van der Waals surface area contributed by atoms with Crippen LogP contribution < -0.4 is 5.73 Å². The summed E-state index contributed by atoms with van der Waals surface area (Å²) in [6.07, 6.45) is 4.69. The van der Waals surface area contributed by atoms with Crippen molar-refractivity contribution in [3.63, 3.8) is 0 Å². The van der Waals surface area contributed by atoms with Gasteiger partial charge in [0.05, 0.1) is 0 Å². The fourth-order valence-corrected chi connectivity index (χ4v) is 1.88. The molecular formula is C13H17N3. The molecule has 3 nitrogen and oxygen atoms in total. The Balaban J connectivity index is 2.16. The fraction of sp³-hybridized carbons (Fsp3) is 0.308. The topological polar surface area (TPSA) is 43.8 Å². The van der Waals surface area contributed by atoms with Gasteiger partial charge in [-0.25, -0.2) is 4.98 Å². The Bertz CT molecular complexity index is 433. The molecule has 0 bridgehead atoms. The van der Waals surface area contributed by atoms with E-state index in [9.17, 15) is 0 Å². The Morgan fingerprint density at radius 3 is 2.62 bits per heavy atom. The number of aromatic nitrogens is 2. The van der Waals surface area contributed by atoms with E-state index in [1.54, 1.807) is 0 Å². The lowest BCUT2D eigenvalue weighted by molar-refractivity contribution is 0.644. The van der Waals surface area contributed by atoms with Crippen molar-refractivity contribution in [2.24, 2.45) is 12.8 Å². The second kappa shape index (κ2) is 4.94. The highest BCUT2D eigenvalue weighted by atomic mass is 15.0. The minimum atomic E-state index is 0.349. The van der Waals surface area contributed by atoms with E-state index in [-0.39, 0.29) is 0 Å². The lowest BCUT2D eigenvalue weighted by Gasteiger charge is -2.14. The molecular weight excluding hydrogens is 198 g/mol. The van der Waals surface area contributed by atoms with E-state index >= 15 is 0 Å². The minimum absolute atomic E-state index is 0.349. The zero-order valence-corrected chi connectivity index (χ0v) is 9.50. The molecule has 1 heterocycles. The summed E-state index contributed by atoms with van der Waals surface area (Å²) in [4.78, 5) is 4.34. The van der Waals surface area contributed by atoms with Crippen LogP contribution >= 0.6 is 0 Å². The first-order valence-electron chi connectivity index (χ1n) is 5.52. The number of nitrogens with zero attached hydrogens (tertiary/aromatic N) is 2. The molecule has 0 saturated carbocycles. The van der Waals surface area contributed by atoms with Gasteiger partial charge in [0.15, 0.2) is 0 Å². The number of rotatable bonds is 4. The predicted molar refractivity (Wildman–Crippen MR) is 65.1 cm³/mol. The van der Waals surface area contributed by atoms with Gasteiger partial charge in [-0.2, -0.15) is 0 Å². The number of nitrogens with two attached hydrogens (primary N) is 1. The molecule has 0 fully saturated rings. The monoisotopic (exact) mass is 215 g/mol. The zero-order chi connectivity index (χ0) is 11.4. The molecule has 1 unspecified atom stereocenters. The van der Waals surface area contributed by atoms with Crippen molar-refractivity contribution in [3.05, 3.63) is 54.1 Å². The molecule has 2 aromatic rings. The summed E-state index contributed by atoms with van der Waals surface area (Å²) in [5.74, 6) is 1.43. The normalized spacial score (nSPS) is 12.6. The van der Waals surface area contributed by atoms with Gasteiger partial charge < -0.3 is 10.3 Å². The van der Waals surface area contributed by atoms with Crippen molar-refractivity contribution < 1.29 is 0 Å². The van der Waals surface area contributed by atoms with Crippen molar-refractivity contribution >= 4 is 0 Å². The van der Waals surface area contributed by atoms with Gasteiger partial charge >= 0.3 is 0 Å². The zero-order valence-electron chi connectivity index (χ0n) is 9.50. The molecule has 1 atom stereocenters. The first-order valence-corrected chi connectivity index (χ1v) is 5.52. The molecule has 0 aliphatic rings. The Morgan fingerprint density at radius 2 is 2.06 bits per heavy atom. The van der Waals surface area contributed by atoms with Crippen molar-refractivity contribution in [3.8, 4) is 0 Å². The Labute approximate surface area is 95.9 Å². The van der Waals surface area contributed by atoms with Gasteiger partial charge in [-0.05, 0) is 12.1 Å². The van der Waals surface area contributed by atoms with E-state index in [1.165, 1.54) is 5.56 Å². The fourth-order valence-electron chi connectivity index (χ4n) is 1.88. The van der Waals surface area contributed by atoms with E-state index in [0.717, 1.165) is 12.2 Å². The molecule has 1 aromatic heterocycles. The molecule has 2 N–H and O–H groups in total. The summed E-state index contributed by atoms with van der Waals surface area (Å²) in [5, 5.41) is 0. The number of hydrogen-bond donors (Lipinski definition) is 1. The standard InChI is InChI=1S/C13H17N3/c1-16-8-7-15-13(16)9-12(10-14)11-5-3-2-4-6-11/h2-8,12H,9-10,14H2,1H3. The van der Waals surface area contributed by atoms with Crippen molar-refractivity contribution in [2.45, 2.75) is 12.3 Å². The second-order valence-corrected chi connectivity index (χ2v) is 4.00. The van der Waals surface area contributed by atoms with Crippen molar-refractivity contribution in [1.29, 1.82) is 0 Å². The van der Waals surface area contributed by atoms with E-state index in [1.807, 2.05) is 30.1 Å². The molecule has 16 heavy (non-hydrogen) atoms. The van der Waals surface area contributed by atoms with Crippen LogP contribution in [0.5, 0.6) is 0 Å².